The second-order valence-electron chi connectivity index (χ2n) is 9.69. The van der Waals surface area contributed by atoms with E-state index in [1.165, 1.54) is 31.8 Å². The number of hydrogen-bond acceptors (Lipinski definition) is 0. The van der Waals surface area contributed by atoms with Crippen LogP contribution in [0.1, 0.15) is 6.42 Å². The predicted molar refractivity (Wildman–Crippen MR) is 192 cm³/mol. The van der Waals surface area contributed by atoms with Crippen LogP contribution in [0.4, 0.5) is 0 Å². The Morgan fingerprint density at radius 1 is 0.341 bits per heavy atom. The number of hydrogen-bond donors (Lipinski definition) is 0. The van der Waals surface area contributed by atoms with Gasteiger partial charge in [0.25, 0.3) is 0 Å². The summed E-state index contributed by atoms with van der Waals surface area (Å²) >= 11 is 0. The van der Waals surface area contributed by atoms with E-state index in [0.717, 1.165) is 6.42 Å². The molecule has 0 aliphatic heterocycles. The fraction of sp³-hybridized carbons (Fsp3) is 0.0244. The molecule has 1 aliphatic rings. The SMILES string of the molecule is [C-]1=CC=CC1.[Ru+].c1ccc(P(c2ccccc2)c2ccccc2)cc1.c1ccc(P(c2ccccc2)c2ccccc2)cc1. The number of allylic oxidation sites excluding steroid dienone is 4. The predicted octanol–water partition coefficient (Wildman–Crippen LogP) is 8.19. The van der Waals surface area contributed by atoms with E-state index < -0.39 is 15.8 Å². The van der Waals surface area contributed by atoms with Gasteiger partial charge in [0.2, 0.25) is 0 Å². The normalized spacial score (nSPS) is 11.1. The van der Waals surface area contributed by atoms with Crippen molar-refractivity contribution in [2.75, 3.05) is 0 Å². The van der Waals surface area contributed by atoms with E-state index in [9.17, 15) is 0 Å². The van der Waals surface area contributed by atoms with Crippen molar-refractivity contribution >= 4 is 47.7 Å². The first-order chi connectivity index (χ1) is 21.4. The van der Waals surface area contributed by atoms with E-state index in [4.69, 9.17) is 0 Å². The first-order valence-electron chi connectivity index (χ1n) is 14.5. The van der Waals surface area contributed by atoms with Crippen molar-refractivity contribution in [1.29, 1.82) is 0 Å². The van der Waals surface area contributed by atoms with Crippen molar-refractivity contribution in [1.82, 2.24) is 0 Å². The maximum atomic E-state index is 2.99. The molecule has 6 aromatic rings. The molecule has 0 heterocycles. The molecule has 0 unspecified atom stereocenters. The summed E-state index contributed by atoms with van der Waals surface area (Å²) in [5, 5.41) is 8.39. The van der Waals surface area contributed by atoms with Crippen LogP contribution in [0.2, 0.25) is 0 Å². The summed E-state index contributed by atoms with van der Waals surface area (Å²) in [5.41, 5.74) is 0. The fourth-order valence-corrected chi connectivity index (χ4v) is 9.31. The molecule has 1 aliphatic carbocycles. The van der Waals surface area contributed by atoms with E-state index in [1.54, 1.807) is 0 Å². The van der Waals surface area contributed by atoms with Gasteiger partial charge < -0.3 is 0 Å². The Bertz CT molecular complexity index is 1340. The minimum atomic E-state index is -0.446. The van der Waals surface area contributed by atoms with Crippen LogP contribution in [0.25, 0.3) is 0 Å². The Labute approximate surface area is 278 Å². The molecule has 0 nitrogen and oxygen atoms in total. The molecule has 1 radical (unpaired) electrons. The summed E-state index contributed by atoms with van der Waals surface area (Å²) in [4.78, 5) is 0. The van der Waals surface area contributed by atoms with Crippen molar-refractivity contribution in [2.45, 2.75) is 6.42 Å². The summed E-state index contributed by atoms with van der Waals surface area (Å²) in [6.45, 7) is 0. The molecule has 217 valence electrons. The van der Waals surface area contributed by atoms with Crippen LogP contribution in [0.15, 0.2) is 200 Å². The largest absolute Gasteiger partial charge is 1.00 e. The Balaban J connectivity index is 0.000000170. The van der Waals surface area contributed by atoms with Crippen LogP contribution in [0.5, 0.6) is 0 Å². The molecule has 0 saturated heterocycles. The van der Waals surface area contributed by atoms with Gasteiger partial charge in [-0.2, -0.15) is 6.08 Å². The van der Waals surface area contributed by atoms with E-state index in [2.05, 4.69) is 194 Å². The molecule has 0 spiro atoms. The van der Waals surface area contributed by atoms with Crippen molar-refractivity contribution in [3.05, 3.63) is 206 Å². The van der Waals surface area contributed by atoms with Crippen LogP contribution < -0.4 is 31.8 Å². The van der Waals surface area contributed by atoms with Gasteiger partial charge in [-0.25, -0.2) is 12.2 Å². The monoisotopic (exact) mass is 691 g/mol. The fourth-order valence-electron chi connectivity index (χ4n) is 4.70. The Morgan fingerprint density at radius 2 is 0.568 bits per heavy atom. The molecule has 0 fully saturated rings. The molecule has 44 heavy (non-hydrogen) atoms. The molecule has 3 heteroatoms. The molecule has 6 aromatic carbocycles. The van der Waals surface area contributed by atoms with E-state index in [0.29, 0.717) is 0 Å². The maximum absolute atomic E-state index is 2.99. The maximum Gasteiger partial charge on any atom is 1.00 e. The second kappa shape index (κ2) is 18.8. The third-order valence-electron chi connectivity index (χ3n) is 6.67. The van der Waals surface area contributed by atoms with Gasteiger partial charge in [-0.3, -0.25) is 6.08 Å². The topological polar surface area (TPSA) is 0 Å². The molecule has 0 aromatic heterocycles. The van der Waals surface area contributed by atoms with Crippen LogP contribution >= 0.6 is 15.8 Å². The van der Waals surface area contributed by atoms with Crippen molar-refractivity contribution in [3.8, 4) is 0 Å². The van der Waals surface area contributed by atoms with E-state index in [-0.39, 0.29) is 19.5 Å². The molecule has 0 bridgehead atoms. The van der Waals surface area contributed by atoms with Crippen LogP contribution in [-0.2, 0) is 19.5 Å². The molecular weight excluding hydrogens is 655 g/mol. The summed E-state index contributed by atoms with van der Waals surface area (Å²) in [7, 11) is -0.892. The van der Waals surface area contributed by atoms with E-state index >= 15 is 0 Å². The Kier molecular flexibility index (Phi) is 14.2. The molecular formula is C41H35P2Ru. The average molecular weight is 691 g/mol. The van der Waals surface area contributed by atoms with Crippen molar-refractivity contribution in [2.24, 2.45) is 0 Å². The third kappa shape index (κ3) is 9.91. The van der Waals surface area contributed by atoms with Crippen molar-refractivity contribution in [3.63, 3.8) is 0 Å². The minimum Gasteiger partial charge on any atom is -0.273 e. The Hall–Kier alpha value is -3.72. The van der Waals surface area contributed by atoms with Gasteiger partial charge in [0.1, 0.15) is 0 Å². The summed E-state index contributed by atoms with van der Waals surface area (Å²) in [6.07, 6.45) is 10.0. The van der Waals surface area contributed by atoms with Gasteiger partial charge in [0, 0.05) is 0 Å². The number of rotatable bonds is 6. The summed E-state index contributed by atoms with van der Waals surface area (Å²) in [5.74, 6) is 0. The second-order valence-corrected chi connectivity index (χ2v) is 14.1. The summed E-state index contributed by atoms with van der Waals surface area (Å²) < 4.78 is 0. The third-order valence-corrected chi connectivity index (χ3v) is 11.6. The van der Waals surface area contributed by atoms with E-state index in [1.807, 2.05) is 12.2 Å². The molecule has 7 rings (SSSR count). The average Bonchev–Trinajstić information content (AvgIpc) is 3.69. The van der Waals surface area contributed by atoms with Crippen molar-refractivity contribution < 1.29 is 19.5 Å². The van der Waals surface area contributed by atoms with Crippen LogP contribution in [0, 0.1) is 6.08 Å². The van der Waals surface area contributed by atoms with Gasteiger partial charge in [-0.1, -0.05) is 182 Å². The molecule has 0 amide bonds. The number of benzene rings is 6. The van der Waals surface area contributed by atoms with Crippen LogP contribution in [0.3, 0.4) is 0 Å². The van der Waals surface area contributed by atoms with Gasteiger partial charge in [-0.15, -0.1) is 6.42 Å². The first kappa shape index (κ1) is 33.2. The zero-order chi connectivity index (χ0) is 29.4. The quantitative estimate of drug-likeness (QED) is 0.0940. The smallest absolute Gasteiger partial charge is 0.273 e. The van der Waals surface area contributed by atoms with Gasteiger partial charge in [0.05, 0.1) is 0 Å². The zero-order valence-electron chi connectivity index (χ0n) is 24.5. The minimum absolute atomic E-state index is 0. The molecule has 0 N–H and O–H groups in total. The standard InChI is InChI=1S/2C18H15P.C5H5.Ru/c2*1-4-10-16(11-5-1)19(17-12-6-2-7-13-17)18-14-8-3-9-15-18;1-2-4-5-3-1;/h2*1-15H;1-3H,4H2;/q;;-1;+1. The first-order valence-corrected chi connectivity index (χ1v) is 17.2. The van der Waals surface area contributed by atoms with Gasteiger partial charge in [0.15, 0.2) is 0 Å². The summed E-state index contributed by atoms with van der Waals surface area (Å²) in [6, 6.07) is 64.7. The Morgan fingerprint density at radius 3 is 0.705 bits per heavy atom. The van der Waals surface area contributed by atoms with Gasteiger partial charge in [-0.05, 0) is 47.7 Å². The molecule has 0 saturated carbocycles. The molecule has 0 atom stereocenters. The zero-order valence-corrected chi connectivity index (χ0v) is 28.0. The van der Waals surface area contributed by atoms with Crippen LogP contribution in [-0.4, -0.2) is 0 Å². The van der Waals surface area contributed by atoms with Gasteiger partial charge >= 0.3 is 19.5 Å².